The summed E-state index contributed by atoms with van der Waals surface area (Å²) in [7, 11) is 0. The number of nitrogens with zero attached hydrogens (tertiary/aromatic N) is 5. The molecule has 8 heteroatoms. The number of hydrogen-bond donors (Lipinski definition) is 1. The van der Waals surface area contributed by atoms with Crippen molar-refractivity contribution in [1.29, 1.82) is 0 Å². The molecule has 0 unspecified atom stereocenters. The fourth-order valence-corrected chi connectivity index (χ4v) is 4.64. The van der Waals surface area contributed by atoms with E-state index >= 15 is 0 Å². The van der Waals surface area contributed by atoms with E-state index < -0.39 is 11.6 Å². The fraction of sp³-hybridized carbons (Fsp3) is 0.310. The number of fused-ring (bicyclic) bond motifs is 1. The lowest BCUT2D eigenvalue weighted by Crippen LogP contribution is -2.46. The Kier molecular flexibility index (Phi) is 6.76. The number of hydrogen-bond acceptors (Lipinski definition) is 8. The molecule has 1 saturated heterocycles. The zero-order valence-corrected chi connectivity index (χ0v) is 21.4. The number of aromatic nitrogens is 3. The molecule has 0 aliphatic carbocycles. The molecule has 1 aliphatic rings. The molecule has 8 nitrogen and oxygen atoms in total. The molecular weight excluding hydrogens is 466 g/mol. The third-order valence-corrected chi connectivity index (χ3v) is 6.40. The normalized spacial score (nSPS) is 14.6. The second-order valence-electron chi connectivity index (χ2n) is 10.3. The third-order valence-electron chi connectivity index (χ3n) is 6.40. The van der Waals surface area contributed by atoms with Crippen LogP contribution < -0.4 is 4.90 Å². The van der Waals surface area contributed by atoms with Crippen LogP contribution in [0.5, 0.6) is 5.75 Å². The van der Waals surface area contributed by atoms with E-state index in [0.717, 1.165) is 55.1 Å². The van der Waals surface area contributed by atoms with Gasteiger partial charge in [-0.15, -0.1) is 10.2 Å². The molecule has 0 radical (unpaired) electrons. The number of carbonyl (C=O) groups excluding carboxylic acids is 1. The predicted octanol–water partition coefficient (Wildman–Crippen LogP) is 4.67. The zero-order chi connectivity index (χ0) is 26.0. The van der Waals surface area contributed by atoms with Crippen LogP contribution >= 0.6 is 0 Å². The topological polar surface area (TPSA) is 91.7 Å². The van der Waals surface area contributed by atoms with Crippen molar-refractivity contribution in [2.45, 2.75) is 32.9 Å². The molecule has 4 aromatic rings. The highest BCUT2D eigenvalue weighted by Crippen LogP contribution is 2.32. The van der Waals surface area contributed by atoms with E-state index in [4.69, 9.17) is 4.74 Å². The van der Waals surface area contributed by atoms with Crippen LogP contribution in [0.1, 0.15) is 36.8 Å². The number of benzene rings is 2. The summed E-state index contributed by atoms with van der Waals surface area (Å²) in [5, 5.41) is 20.6. The molecule has 190 valence electrons. The molecule has 0 saturated carbocycles. The highest BCUT2D eigenvalue weighted by Gasteiger charge is 2.22. The molecule has 0 bridgehead atoms. The fourth-order valence-electron chi connectivity index (χ4n) is 4.64. The van der Waals surface area contributed by atoms with Crippen molar-refractivity contribution in [2.24, 2.45) is 0 Å². The summed E-state index contributed by atoms with van der Waals surface area (Å²) in [6.45, 7) is 9.76. The Morgan fingerprint density at radius 1 is 0.946 bits per heavy atom. The lowest BCUT2D eigenvalue weighted by Gasteiger charge is -2.35. The van der Waals surface area contributed by atoms with E-state index in [2.05, 4.69) is 55.3 Å². The van der Waals surface area contributed by atoms with Crippen LogP contribution in [0.25, 0.3) is 21.9 Å². The number of anilines is 1. The average Bonchev–Trinajstić information content (AvgIpc) is 2.88. The summed E-state index contributed by atoms with van der Waals surface area (Å²) in [6.07, 6.45) is 3.23. The van der Waals surface area contributed by atoms with Gasteiger partial charge in [0.2, 0.25) is 0 Å². The van der Waals surface area contributed by atoms with Gasteiger partial charge in [-0.05, 0) is 60.9 Å². The third kappa shape index (κ3) is 5.70. The Balaban J connectivity index is 1.26. The number of esters is 1. The van der Waals surface area contributed by atoms with Gasteiger partial charge in [0.1, 0.15) is 11.4 Å². The van der Waals surface area contributed by atoms with Gasteiger partial charge >= 0.3 is 5.97 Å². The summed E-state index contributed by atoms with van der Waals surface area (Å²) in [6, 6.07) is 17.9. The number of carbonyl (C=O) groups is 1. The molecular formula is C29H31N5O3. The Bertz CT molecular complexity index is 1410. The van der Waals surface area contributed by atoms with Gasteiger partial charge in [-0.1, -0.05) is 36.4 Å². The monoisotopic (exact) mass is 497 g/mol. The summed E-state index contributed by atoms with van der Waals surface area (Å²) in [5.41, 5.74) is 2.87. The highest BCUT2D eigenvalue weighted by molar-refractivity contribution is 5.98. The van der Waals surface area contributed by atoms with E-state index in [0.29, 0.717) is 0 Å². The highest BCUT2D eigenvalue weighted by atomic mass is 16.6. The first kappa shape index (κ1) is 24.6. The van der Waals surface area contributed by atoms with E-state index in [1.807, 2.05) is 32.9 Å². The molecule has 0 spiro atoms. The molecule has 2 aromatic heterocycles. The quantitative estimate of drug-likeness (QED) is 0.398. The van der Waals surface area contributed by atoms with Crippen molar-refractivity contribution in [2.75, 3.05) is 31.1 Å². The van der Waals surface area contributed by atoms with Crippen molar-refractivity contribution >= 4 is 22.6 Å². The van der Waals surface area contributed by atoms with Crippen LogP contribution in [0.4, 0.5) is 5.82 Å². The summed E-state index contributed by atoms with van der Waals surface area (Å²) >= 11 is 0. The minimum absolute atomic E-state index is 0.160. The van der Waals surface area contributed by atoms with Crippen LogP contribution in [0.2, 0.25) is 0 Å². The van der Waals surface area contributed by atoms with Crippen molar-refractivity contribution in [1.82, 2.24) is 20.1 Å². The first-order valence-corrected chi connectivity index (χ1v) is 12.5. The number of aromatic hydroxyl groups is 1. The molecule has 37 heavy (non-hydrogen) atoms. The van der Waals surface area contributed by atoms with Crippen LogP contribution in [-0.2, 0) is 11.3 Å². The Morgan fingerprint density at radius 3 is 2.38 bits per heavy atom. The Labute approximate surface area is 216 Å². The minimum Gasteiger partial charge on any atom is -0.506 e. The first-order valence-electron chi connectivity index (χ1n) is 12.5. The Hall–Kier alpha value is -4.04. The van der Waals surface area contributed by atoms with Gasteiger partial charge in [-0.25, -0.2) is 4.79 Å². The zero-order valence-electron chi connectivity index (χ0n) is 21.4. The predicted molar refractivity (Wildman–Crippen MR) is 144 cm³/mol. The van der Waals surface area contributed by atoms with Gasteiger partial charge < -0.3 is 14.7 Å². The number of ether oxygens (including phenoxy) is 1. The van der Waals surface area contributed by atoms with Crippen LogP contribution in [-0.4, -0.2) is 62.9 Å². The maximum Gasteiger partial charge on any atom is 0.359 e. The molecule has 1 N–H and O–H groups in total. The van der Waals surface area contributed by atoms with E-state index in [-0.39, 0.29) is 11.4 Å². The first-order chi connectivity index (χ1) is 17.8. The second kappa shape index (κ2) is 10.1. The summed E-state index contributed by atoms with van der Waals surface area (Å²) in [5.74, 6) is 0.462. The van der Waals surface area contributed by atoms with Crippen molar-refractivity contribution in [3.05, 3.63) is 78.2 Å². The molecule has 0 atom stereocenters. The molecule has 2 aromatic carbocycles. The maximum absolute atomic E-state index is 12.2. The van der Waals surface area contributed by atoms with Gasteiger partial charge in [-0.3, -0.25) is 9.88 Å². The van der Waals surface area contributed by atoms with Gasteiger partial charge in [0.05, 0.1) is 6.20 Å². The van der Waals surface area contributed by atoms with Gasteiger partial charge in [-0.2, -0.15) is 0 Å². The maximum atomic E-state index is 12.2. The van der Waals surface area contributed by atoms with Gasteiger partial charge in [0.15, 0.2) is 11.5 Å². The van der Waals surface area contributed by atoms with Gasteiger partial charge in [0.25, 0.3) is 0 Å². The molecule has 0 amide bonds. The minimum atomic E-state index is -0.568. The molecule has 5 rings (SSSR count). The van der Waals surface area contributed by atoms with Crippen LogP contribution in [0.3, 0.4) is 0 Å². The van der Waals surface area contributed by atoms with Crippen LogP contribution in [0.15, 0.2) is 67.0 Å². The largest absolute Gasteiger partial charge is 0.506 e. The SMILES string of the molecule is CC(C)(C)OC(=O)c1ccc(N2CCN(Cc3ccc(-c4cncc(O)c4)c4ccccc34)CC2)nn1. The smallest absolute Gasteiger partial charge is 0.359 e. The second-order valence-corrected chi connectivity index (χ2v) is 10.3. The van der Waals surface area contributed by atoms with Crippen molar-refractivity contribution < 1.29 is 14.6 Å². The molecule has 1 aliphatic heterocycles. The number of piperazine rings is 1. The number of rotatable bonds is 5. The molecule has 1 fully saturated rings. The molecule has 3 heterocycles. The summed E-state index contributed by atoms with van der Waals surface area (Å²) < 4.78 is 5.37. The lowest BCUT2D eigenvalue weighted by molar-refractivity contribution is 0.00616. The van der Waals surface area contributed by atoms with Gasteiger partial charge in [0, 0.05) is 44.5 Å². The van der Waals surface area contributed by atoms with Crippen LogP contribution in [0, 0.1) is 0 Å². The lowest BCUT2D eigenvalue weighted by atomic mass is 9.95. The van der Waals surface area contributed by atoms with E-state index in [1.54, 1.807) is 18.3 Å². The number of pyridine rings is 1. The standard InChI is InChI=1S/C29H31N5O3/c1-29(2,3)37-28(36)26-10-11-27(32-31-26)34-14-12-33(13-15-34)19-20-8-9-24(21-16-22(35)18-30-17-21)25-7-5-4-6-23(20)25/h4-11,16-18,35H,12-15,19H2,1-3H3. The van der Waals surface area contributed by atoms with E-state index in [1.165, 1.54) is 17.1 Å². The Morgan fingerprint density at radius 2 is 1.70 bits per heavy atom. The van der Waals surface area contributed by atoms with E-state index in [9.17, 15) is 9.90 Å². The van der Waals surface area contributed by atoms with Crippen molar-refractivity contribution in [3.8, 4) is 16.9 Å². The van der Waals surface area contributed by atoms with Crippen molar-refractivity contribution in [3.63, 3.8) is 0 Å². The average molecular weight is 498 g/mol. The summed E-state index contributed by atoms with van der Waals surface area (Å²) in [4.78, 5) is 21.0.